The van der Waals surface area contributed by atoms with Gasteiger partial charge in [-0.1, -0.05) is 24.7 Å². The molecule has 0 aromatic carbocycles. The lowest BCUT2D eigenvalue weighted by Gasteiger charge is -2.03. The minimum absolute atomic E-state index is 0.575. The molecule has 0 aliphatic rings. The summed E-state index contributed by atoms with van der Waals surface area (Å²) in [5.74, 6) is 0. The molecular weight excluding hydrogens is 212 g/mol. The van der Waals surface area contributed by atoms with Crippen LogP contribution >= 0.6 is 11.3 Å². The van der Waals surface area contributed by atoms with Crippen molar-refractivity contribution < 1.29 is 9.47 Å². The molecular formula is C10H18N2O2S. The number of aromatic nitrogens is 1. The molecule has 15 heavy (non-hydrogen) atoms. The van der Waals surface area contributed by atoms with E-state index in [0.717, 1.165) is 17.9 Å². The molecule has 0 radical (unpaired) electrons. The highest BCUT2D eigenvalue weighted by Crippen LogP contribution is 2.14. The fourth-order valence-electron chi connectivity index (χ4n) is 1.03. The number of thiazole rings is 1. The standard InChI is InChI=1S/C10H18N2O2S/c1-2-3-4-13-5-6-14-8-9-7-12-10(11)15-9/h7H,2-6,8H2,1H3,(H2,11,12). The Balaban J connectivity index is 1.93. The molecule has 1 aromatic rings. The second-order valence-corrected chi connectivity index (χ2v) is 4.33. The van der Waals surface area contributed by atoms with Crippen LogP contribution in [0, 0.1) is 0 Å². The highest BCUT2D eigenvalue weighted by atomic mass is 32.1. The molecule has 0 atom stereocenters. The van der Waals surface area contributed by atoms with Crippen LogP contribution in [0.25, 0.3) is 0 Å². The number of rotatable bonds is 8. The largest absolute Gasteiger partial charge is 0.379 e. The monoisotopic (exact) mass is 230 g/mol. The van der Waals surface area contributed by atoms with E-state index in [1.54, 1.807) is 6.20 Å². The summed E-state index contributed by atoms with van der Waals surface area (Å²) in [4.78, 5) is 5.00. The average molecular weight is 230 g/mol. The van der Waals surface area contributed by atoms with Crippen molar-refractivity contribution in [1.29, 1.82) is 0 Å². The van der Waals surface area contributed by atoms with E-state index >= 15 is 0 Å². The van der Waals surface area contributed by atoms with Gasteiger partial charge in [0.15, 0.2) is 5.13 Å². The predicted molar refractivity (Wildman–Crippen MR) is 61.9 cm³/mol. The summed E-state index contributed by atoms with van der Waals surface area (Å²) in [5.41, 5.74) is 5.49. The third-order valence-corrected chi connectivity index (χ3v) is 2.63. The topological polar surface area (TPSA) is 57.4 Å². The van der Waals surface area contributed by atoms with E-state index < -0.39 is 0 Å². The lowest BCUT2D eigenvalue weighted by molar-refractivity contribution is 0.0405. The number of nitrogens with two attached hydrogens (primary N) is 1. The van der Waals surface area contributed by atoms with E-state index in [2.05, 4.69) is 11.9 Å². The molecule has 2 N–H and O–H groups in total. The van der Waals surface area contributed by atoms with Gasteiger partial charge in [-0.2, -0.15) is 0 Å². The summed E-state index contributed by atoms with van der Waals surface area (Å²) in [6.07, 6.45) is 4.03. The lowest BCUT2D eigenvalue weighted by atomic mass is 10.4. The number of nitrogens with zero attached hydrogens (tertiary/aromatic N) is 1. The van der Waals surface area contributed by atoms with Crippen LogP contribution in [0.3, 0.4) is 0 Å². The van der Waals surface area contributed by atoms with Gasteiger partial charge in [-0.3, -0.25) is 0 Å². The number of unbranched alkanes of at least 4 members (excludes halogenated alkanes) is 1. The highest BCUT2D eigenvalue weighted by molar-refractivity contribution is 7.15. The Morgan fingerprint density at radius 1 is 1.33 bits per heavy atom. The molecule has 1 aromatic heterocycles. The zero-order valence-electron chi connectivity index (χ0n) is 9.07. The number of hydrogen-bond acceptors (Lipinski definition) is 5. The van der Waals surface area contributed by atoms with Crippen LogP contribution in [0.1, 0.15) is 24.6 Å². The van der Waals surface area contributed by atoms with Gasteiger partial charge in [0.05, 0.1) is 24.7 Å². The van der Waals surface area contributed by atoms with Crippen LogP contribution in [-0.4, -0.2) is 24.8 Å². The molecule has 5 heteroatoms. The Morgan fingerprint density at radius 2 is 2.13 bits per heavy atom. The van der Waals surface area contributed by atoms with Crippen molar-refractivity contribution in [3.63, 3.8) is 0 Å². The Hall–Kier alpha value is -0.650. The maximum Gasteiger partial charge on any atom is 0.180 e. The van der Waals surface area contributed by atoms with Gasteiger partial charge in [0, 0.05) is 12.8 Å². The van der Waals surface area contributed by atoms with Crippen molar-refractivity contribution in [3.8, 4) is 0 Å². The van der Waals surface area contributed by atoms with Crippen molar-refractivity contribution >= 4 is 16.5 Å². The smallest absolute Gasteiger partial charge is 0.180 e. The Kier molecular flexibility index (Phi) is 6.31. The highest BCUT2D eigenvalue weighted by Gasteiger charge is 1.98. The van der Waals surface area contributed by atoms with Crippen molar-refractivity contribution in [2.45, 2.75) is 26.4 Å². The van der Waals surface area contributed by atoms with Crippen LogP contribution in [0.15, 0.2) is 6.20 Å². The average Bonchev–Trinajstić information content (AvgIpc) is 2.63. The van der Waals surface area contributed by atoms with Crippen LogP contribution in [0.5, 0.6) is 0 Å². The first-order valence-corrected chi connectivity index (χ1v) is 6.00. The molecule has 0 unspecified atom stereocenters. The van der Waals surface area contributed by atoms with Gasteiger partial charge in [0.1, 0.15) is 0 Å². The summed E-state index contributed by atoms with van der Waals surface area (Å²) < 4.78 is 10.8. The minimum atomic E-state index is 0.575. The van der Waals surface area contributed by atoms with Gasteiger partial charge >= 0.3 is 0 Å². The maximum atomic E-state index is 5.49. The summed E-state index contributed by atoms with van der Waals surface area (Å²) >= 11 is 1.46. The summed E-state index contributed by atoms with van der Waals surface area (Å²) in [6.45, 7) is 4.84. The van der Waals surface area contributed by atoms with E-state index in [-0.39, 0.29) is 0 Å². The molecule has 1 rings (SSSR count). The minimum Gasteiger partial charge on any atom is -0.379 e. The van der Waals surface area contributed by atoms with Crippen LogP contribution in [-0.2, 0) is 16.1 Å². The molecule has 86 valence electrons. The fraction of sp³-hybridized carbons (Fsp3) is 0.700. The van der Waals surface area contributed by atoms with Crippen LogP contribution in [0.4, 0.5) is 5.13 Å². The third kappa shape index (κ3) is 5.71. The maximum absolute atomic E-state index is 5.49. The molecule has 1 heterocycles. The van der Waals surface area contributed by atoms with E-state index in [1.165, 1.54) is 17.8 Å². The van der Waals surface area contributed by atoms with Crippen molar-refractivity contribution in [2.24, 2.45) is 0 Å². The Bertz CT molecular complexity index is 266. The molecule has 0 bridgehead atoms. The van der Waals surface area contributed by atoms with Gasteiger partial charge in [-0.25, -0.2) is 4.98 Å². The first-order valence-electron chi connectivity index (χ1n) is 5.18. The summed E-state index contributed by atoms with van der Waals surface area (Å²) in [7, 11) is 0. The Labute approximate surface area is 94.4 Å². The molecule has 0 aliphatic heterocycles. The normalized spacial score (nSPS) is 10.7. The van der Waals surface area contributed by atoms with Gasteiger partial charge in [0.25, 0.3) is 0 Å². The van der Waals surface area contributed by atoms with E-state index in [1.807, 2.05) is 0 Å². The quantitative estimate of drug-likeness (QED) is 0.694. The third-order valence-electron chi connectivity index (χ3n) is 1.83. The molecule has 0 amide bonds. The first-order chi connectivity index (χ1) is 7.33. The van der Waals surface area contributed by atoms with Gasteiger partial charge < -0.3 is 15.2 Å². The summed E-state index contributed by atoms with van der Waals surface area (Å²) in [6, 6.07) is 0. The number of hydrogen-bond donors (Lipinski definition) is 1. The van der Waals surface area contributed by atoms with E-state index in [4.69, 9.17) is 15.2 Å². The van der Waals surface area contributed by atoms with Crippen LogP contribution in [0.2, 0.25) is 0 Å². The van der Waals surface area contributed by atoms with E-state index in [0.29, 0.717) is 25.0 Å². The zero-order chi connectivity index (χ0) is 10.9. The molecule has 0 aliphatic carbocycles. The second kappa shape index (κ2) is 7.62. The number of ether oxygens (including phenoxy) is 2. The van der Waals surface area contributed by atoms with Crippen molar-refractivity contribution in [2.75, 3.05) is 25.6 Å². The van der Waals surface area contributed by atoms with Crippen molar-refractivity contribution in [3.05, 3.63) is 11.1 Å². The number of nitrogen functional groups attached to an aromatic ring is 1. The van der Waals surface area contributed by atoms with Gasteiger partial charge in [-0.15, -0.1) is 0 Å². The zero-order valence-corrected chi connectivity index (χ0v) is 9.89. The fourth-order valence-corrected chi connectivity index (χ4v) is 1.65. The predicted octanol–water partition coefficient (Wildman–Crippen LogP) is 2.06. The molecule has 0 fully saturated rings. The number of anilines is 1. The second-order valence-electron chi connectivity index (χ2n) is 3.18. The van der Waals surface area contributed by atoms with Crippen LogP contribution < -0.4 is 5.73 Å². The van der Waals surface area contributed by atoms with E-state index in [9.17, 15) is 0 Å². The lowest BCUT2D eigenvalue weighted by Crippen LogP contribution is -2.04. The van der Waals surface area contributed by atoms with Gasteiger partial charge in [0.2, 0.25) is 0 Å². The molecule has 0 spiro atoms. The molecule has 0 saturated carbocycles. The SMILES string of the molecule is CCCCOCCOCc1cnc(N)s1. The Morgan fingerprint density at radius 3 is 2.80 bits per heavy atom. The summed E-state index contributed by atoms with van der Waals surface area (Å²) in [5, 5.41) is 0.591. The molecule has 0 saturated heterocycles. The van der Waals surface area contributed by atoms with Gasteiger partial charge in [-0.05, 0) is 6.42 Å². The molecule has 4 nitrogen and oxygen atoms in total. The van der Waals surface area contributed by atoms with Crippen molar-refractivity contribution in [1.82, 2.24) is 4.98 Å². The first kappa shape index (κ1) is 12.4.